The number of benzene rings is 3. The Kier molecular flexibility index (Phi) is 8.59. The topological polar surface area (TPSA) is 56.8 Å². The predicted molar refractivity (Wildman–Crippen MR) is 134 cm³/mol. The summed E-state index contributed by atoms with van der Waals surface area (Å²) in [7, 11) is 0. The van der Waals surface area contributed by atoms with E-state index in [0.29, 0.717) is 30.3 Å². The molecule has 34 heavy (non-hydrogen) atoms. The Morgan fingerprint density at radius 2 is 1.35 bits per heavy atom. The van der Waals surface area contributed by atoms with E-state index in [0.717, 1.165) is 16.7 Å². The molecule has 0 unspecified atom stereocenters. The zero-order valence-corrected chi connectivity index (χ0v) is 20.2. The molecule has 0 atom stereocenters. The summed E-state index contributed by atoms with van der Waals surface area (Å²) in [6.45, 7) is 8.40. The molecular weight excluding hydrogens is 426 g/mol. The molecule has 3 rings (SSSR count). The lowest BCUT2D eigenvalue weighted by Gasteiger charge is -2.19. The van der Waals surface area contributed by atoms with Crippen molar-refractivity contribution in [3.8, 4) is 23.3 Å². The Bertz CT molecular complexity index is 1070. The van der Waals surface area contributed by atoms with Crippen LogP contribution in [0.25, 0.3) is 0 Å². The van der Waals surface area contributed by atoms with Gasteiger partial charge in [0.1, 0.15) is 35.9 Å². The van der Waals surface area contributed by atoms with Crippen LogP contribution in [0.1, 0.15) is 43.0 Å². The molecule has 176 valence electrons. The van der Waals surface area contributed by atoms with E-state index in [1.54, 1.807) is 0 Å². The van der Waals surface area contributed by atoms with Crippen LogP contribution >= 0.6 is 0 Å². The maximum absolute atomic E-state index is 11.9. The molecule has 0 saturated carbocycles. The molecule has 0 heterocycles. The van der Waals surface area contributed by atoms with Crippen LogP contribution in [0.5, 0.6) is 11.5 Å². The van der Waals surface area contributed by atoms with E-state index in [2.05, 4.69) is 17.2 Å². The van der Waals surface area contributed by atoms with Crippen LogP contribution in [0.2, 0.25) is 0 Å². The fourth-order valence-electron chi connectivity index (χ4n) is 3.11. The van der Waals surface area contributed by atoms with Crippen LogP contribution in [0.15, 0.2) is 72.8 Å². The summed E-state index contributed by atoms with van der Waals surface area (Å²) in [5.41, 5.74) is 3.19. The third-order valence-electron chi connectivity index (χ3n) is 4.62. The standard InChI is InChI=1S/C29H31NO4/c1-22-18-26(32-20-23-12-7-5-8-13-23)25(16-11-17-30-28(31)34-29(2,3)4)27(19-22)33-21-24-14-9-6-10-15-24/h5-10,12-15,18-19H,17,20-21H2,1-4H3,(H,30,31). The number of ether oxygens (including phenoxy) is 3. The first-order valence-corrected chi connectivity index (χ1v) is 11.2. The van der Waals surface area contributed by atoms with E-state index >= 15 is 0 Å². The molecule has 3 aromatic carbocycles. The number of aryl methyl sites for hydroxylation is 1. The van der Waals surface area contributed by atoms with E-state index < -0.39 is 11.7 Å². The Morgan fingerprint density at radius 1 is 0.853 bits per heavy atom. The maximum Gasteiger partial charge on any atom is 0.408 e. The number of hydrogen-bond acceptors (Lipinski definition) is 4. The van der Waals surface area contributed by atoms with Crippen molar-refractivity contribution < 1.29 is 19.0 Å². The van der Waals surface area contributed by atoms with Crippen molar-refractivity contribution in [1.29, 1.82) is 0 Å². The second-order valence-electron chi connectivity index (χ2n) is 8.84. The third-order valence-corrected chi connectivity index (χ3v) is 4.62. The fourth-order valence-corrected chi connectivity index (χ4v) is 3.11. The highest BCUT2D eigenvalue weighted by molar-refractivity contribution is 5.68. The third kappa shape index (κ3) is 8.22. The first-order chi connectivity index (χ1) is 16.3. The number of nitrogens with one attached hydrogen (secondary N) is 1. The molecule has 0 fully saturated rings. The zero-order chi connectivity index (χ0) is 24.4. The first kappa shape index (κ1) is 24.7. The molecule has 0 radical (unpaired) electrons. The zero-order valence-electron chi connectivity index (χ0n) is 20.2. The molecule has 0 aliphatic carbocycles. The Hall–Kier alpha value is -3.91. The summed E-state index contributed by atoms with van der Waals surface area (Å²) < 4.78 is 17.6. The highest BCUT2D eigenvalue weighted by Crippen LogP contribution is 2.31. The lowest BCUT2D eigenvalue weighted by atomic mass is 10.1. The number of alkyl carbamates (subject to hydrolysis) is 1. The Morgan fingerprint density at radius 3 is 1.82 bits per heavy atom. The number of carbonyl (C=O) groups excluding carboxylic acids is 1. The van der Waals surface area contributed by atoms with Gasteiger partial charge in [0.05, 0.1) is 6.54 Å². The number of rotatable bonds is 7. The van der Waals surface area contributed by atoms with Crippen LogP contribution in [0, 0.1) is 18.8 Å². The van der Waals surface area contributed by atoms with Crippen LogP contribution in [0.4, 0.5) is 4.79 Å². The second-order valence-corrected chi connectivity index (χ2v) is 8.84. The fraction of sp³-hybridized carbons (Fsp3) is 0.276. The number of hydrogen-bond donors (Lipinski definition) is 1. The van der Waals surface area contributed by atoms with Crippen molar-refractivity contribution in [3.63, 3.8) is 0 Å². The number of carbonyl (C=O) groups is 1. The van der Waals surface area contributed by atoms with E-state index in [4.69, 9.17) is 14.2 Å². The molecule has 3 aromatic rings. The van der Waals surface area contributed by atoms with Crippen LogP contribution < -0.4 is 14.8 Å². The van der Waals surface area contributed by atoms with Crippen molar-refractivity contribution >= 4 is 6.09 Å². The molecule has 0 aliphatic rings. The monoisotopic (exact) mass is 457 g/mol. The minimum atomic E-state index is -0.564. The first-order valence-electron chi connectivity index (χ1n) is 11.2. The molecule has 5 heteroatoms. The van der Waals surface area contributed by atoms with E-state index in [1.807, 2.05) is 100 Å². The van der Waals surface area contributed by atoms with Crippen molar-refractivity contribution in [2.24, 2.45) is 0 Å². The van der Waals surface area contributed by atoms with Gasteiger partial charge in [-0.2, -0.15) is 0 Å². The van der Waals surface area contributed by atoms with E-state index in [9.17, 15) is 4.79 Å². The van der Waals surface area contributed by atoms with Crippen molar-refractivity contribution in [3.05, 3.63) is 95.1 Å². The van der Waals surface area contributed by atoms with Gasteiger partial charge in [-0.05, 0) is 56.5 Å². The van der Waals surface area contributed by atoms with Crippen molar-refractivity contribution in [2.45, 2.75) is 46.5 Å². The van der Waals surface area contributed by atoms with Gasteiger partial charge in [-0.1, -0.05) is 72.5 Å². The Labute approximate surface area is 202 Å². The van der Waals surface area contributed by atoms with Gasteiger partial charge in [-0.3, -0.25) is 0 Å². The molecule has 0 saturated heterocycles. The van der Waals surface area contributed by atoms with E-state index in [1.165, 1.54) is 0 Å². The van der Waals surface area contributed by atoms with Crippen LogP contribution in [-0.4, -0.2) is 18.2 Å². The summed E-state index contributed by atoms with van der Waals surface area (Å²) in [6, 6.07) is 23.8. The lowest BCUT2D eigenvalue weighted by Crippen LogP contribution is -2.32. The molecule has 1 amide bonds. The van der Waals surface area contributed by atoms with E-state index in [-0.39, 0.29) is 6.54 Å². The predicted octanol–water partition coefficient (Wildman–Crippen LogP) is 6.03. The SMILES string of the molecule is Cc1cc(OCc2ccccc2)c(C#CCNC(=O)OC(C)(C)C)c(OCc2ccccc2)c1. The molecule has 1 N–H and O–H groups in total. The van der Waals surface area contributed by atoms with Gasteiger partial charge in [0, 0.05) is 0 Å². The van der Waals surface area contributed by atoms with Crippen molar-refractivity contribution in [1.82, 2.24) is 5.32 Å². The van der Waals surface area contributed by atoms with Crippen LogP contribution in [0.3, 0.4) is 0 Å². The van der Waals surface area contributed by atoms with Crippen LogP contribution in [-0.2, 0) is 18.0 Å². The quantitative estimate of drug-likeness (QED) is 0.440. The molecule has 0 aromatic heterocycles. The molecule has 5 nitrogen and oxygen atoms in total. The molecule has 0 bridgehead atoms. The van der Waals surface area contributed by atoms with Gasteiger partial charge >= 0.3 is 6.09 Å². The number of amides is 1. The van der Waals surface area contributed by atoms with Gasteiger partial charge in [0.25, 0.3) is 0 Å². The van der Waals surface area contributed by atoms with Gasteiger partial charge in [-0.25, -0.2) is 4.79 Å². The maximum atomic E-state index is 11.9. The minimum absolute atomic E-state index is 0.138. The van der Waals surface area contributed by atoms with Gasteiger partial charge < -0.3 is 19.5 Å². The minimum Gasteiger partial charge on any atom is -0.487 e. The summed E-state index contributed by atoms with van der Waals surface area (Å²) >= 11 is 0. The van der Waals surface area contributed by atoms with Gasteiger partial charge in [-0.15, -0.1) is 0 Å². The lowest BCUT2D eigenvalue weighted by molar-refractivity contribution is 0.0535. The van der Waals surface area contributed by atoms with Crippen molar-refractivity contribution in [2.75, 3.05) is 6.54 Å². The highest BCUT2D eigenvalue weighted by Gasteiger charge is 2.15. The smallest absolute Gasteiger partial charge is 0.408 e. The molecular formula is C29H31NO4. The molecule has 0 aliphatic heterocycles. The second kappa shape index (κ2) is 11.8. The normalized spacial score (nSPS) is 10.6. The summed E-state index contributed by atoms with van der Waals surface area (Å²) in [5.74, 6) is 7.39. The summed E-state index contributed by atoms with van der Waals surface area (Å²) in [4.78, 5) is 11.9. The largest absolute Gasteiger partial charge is 0.487 e. The summed E-state index contributed by atoms with van der Waals surface area (Å²) in [6.07, 6.45) is -0.508. The average Bonchev–Trinajstić information content (AvgIpc) is 2.80. The highest BCUT2D eigenvalue weighted by atomic mass is 16.6. The van der Waals surface area contributed by atoms with Gasteiger partial charge in [0.15, 0.2) is 0 Å². The average molecular weight is 458 g/mol. The summed E-state index contributed by atoms with van der Waals surface area (Å²) in [5, 5.41) is 2.66. The molecule has 0 spiro atoms. The van der Waals surface area contributed by atoms with Gasteiger partial charge in [0.2, 0.25) is 0 Å². The Balaban J connectivity index is 1.81.